The Balaban J connectivity index is 2.28. The summed E-state index contributed by atoms with van der Waals surface area (Å²) in [5.41, 5.74) is 0.865. The van der Waals surface area contributed by atoms with Gasteiger partial charge in [-0.1, -0.05) is 61.8 Å². The van der Waals surface area contributed by atoms with E-state index in [0.29, 0.717) is 30.4 Å². The van der Waals surface area contributed by atoms with Crippen molar-refractivity contribution in [3.05, 3.63) is 58.2 Å². The van der Waals surface area contributed by atoms with Gasteiger partial charge in [-0.25, -0.2) is 9.78 Å². The van der Waals surface area contributed by atoms with Gasteiger partial charge in [0.05, 0.1) is 0 Å². The summed E-state index contributed by atoms with van der Waals surface area (Å²) in [7, 11) is 2.87. The van der Waals surface area contributed by atoms with Crippen LogP contribution in [0.25, 0.3) is 0 Å². The standard InChI is InChI=1S/C24H30ClN3O5/c1-6-24(7-2,8-3)33-23(30)19-14-13-18(25)22(27-19)32-15-16-11-9-10-12-17(16)20(28-31-5)21(29)26-4/h9-14H,6-8,15H2,1-5H3,(H,26,29). The second-order valence-corrected chi connectivity index (χ2v) is 7.67. The van der Waals surface area contributed by atoms with Gasteiger partial charge in [0.2, 0.25) is 5.88 Å². The summed E-state index contributed by atoms with van der Waals surface area (Å²) in [6.45, 7) is 5.99. The summed E-state index contributed by atoms with van der Waals surface area (Å²) in [5, 5.41) is 6.62. The van der Waals surface area contributed by atoms with Crippen LogP contribution in [-0.4, -0.2) is 42.3 Å². The van der Waals surface area contributed by atoms with Crippen molar-refractivity contribution in [2.75, 3.05) is 14.2 Å². The maximum atomic E-state index is 12.7. The third-order valence-electron chi connectivity index (χ3n) is 5.53. The molecule has 0 radical (unpaired) electrons. The van der Waals surface area contributed by atoms with Crippen molar-refractivity contribution < 1.29 is 23.9 Å². The molecule has 1 aromatic heterocycles. The average Bonchev–Trinajstić information content (AvgIpc) is 2.85. The molecule has 0 unspecified atom stereocenters. The molecule has 33 heavy (non-hydrogen) atoms. The van der Waals surface area contributed by atoms with Crippen LogP contribution in [-0.2, 0) is 21.0 Å². The molecule has 8 nitrogen and oxygen atoms in total. The maximum Gasteiger partial charge on any atom is 0.357 e. The Bertz CT molecular complexity index is 997. The Kier molecular flexibility index (Phi) is 9.66. The number of pyridine rings is 1. The fourth-order valence-corrected chi connectivity index (χ4v) is 3.46. The molecule has 178 valence electrons. The molecular weight excluding hydrogens is 446 g/mol. The molecule has 0 aliphatic heterocycles. The molecule has 2 rings (SSSR count). The van der Waals surface area contributed by atoms with Gasteiger partial charge in [0.15, 0.2) is 11.4 Å². The highest BCUT2D eigenvalue weighted by atomic mass is 35.5. The van der Waals surface area contributed by atoms with Gasteiger partial charge in [-0.3, -0.25) is 4.79 Å². The number of carbonyl (C=O) groups excluding carboxylic acids is 2. The molecule has 1 aromatic carbocycles. The quantitative estimate of drug-likeness (QED) is 0.291. The Labute approximate surface area is 199 Å². The van der Waals surface area contributed by atoms with Gasteiger partial charge in [0.1, 0.15) is 24.3 Å². The number of carbonyl (C=O) groups is 2. The number of halogens is 1. The number of esters is 1. The number of oxime groups is 1. The van der Waals surface area contributed by atoms with Crippen molar-refractivity contribution in [3.63, 3.8) is 0 Å². The molecule has 9 heteroatoms. The largest absolute Gasteiger partial charge is 0.472 e. The predicted molar refractivity (Wildman–Crippen MR) is 127 cm³/mol. The summed E-state index contributed by atoms with van der Waals surface area (Å²) in [5.74, 6) is -0.853. The lowest BCUT2D eigenvalue weighted by molar-refractivity contribution is -0.114. The minimum Gasteiger partial charge on any atom is -0.472 e. The molecular formula is C24H30ClN3O5. The number of amides is 1. The summed E-state index contributed by atoms with van der Waals surface area (Å²) in [6, 6.07) is 10.1. The minimum atomic E-state index is -0.532. The number of ether oxygens (including phenoxy) is 2. The molecule has 0 saturated heterocycles. The topological polar surface area (TPSA) is 99.1 Å². The van der Waals surface area contributed by atoms with Gasteiger partial charge >= 0.3 is 5.97 Å². The Morgan fingerprint density at radius 3 is 2.36 bits per heavy atom. The molecule has 0 saturated carbocycles. The van der Waals surface area contributed by atoms with Crippen LogP contribution in [0, 0.1) is 0 Å². The lowest BCUT2D eigenvalue weighted by atomic mass is 9.94. The lowest BCUT2D eigenvalue weighted by Gasteiger charge is -2.30. The summed E-state index contributed by atoms with van der Waals surface area (Å²) in [4.78, 5) is 34.1. The van der Waals surface area contributed by atoms with Crippen molar-refractivity contribution in [1.82, 2.24) is 10.3 Å². The minimum absolute atomic E-state index is 0.0317. The zero-order valence-electron chi connectivity index (χ0n) is 19.6. The van der Waals surface area contributed by atoms with Gasteiger partial charge in [-0.2, -0.15) is 0 Å². The van der Waals surface area contributed by atoms with Crippen LogP contribution in [0.4, 0.5) is 0 Å². The van der Waals surface area contributed by atoms with E-state index in [1.165, 1.54) is 20.2 Å². The van der Waals surface area contributed by atoms with E-state index in [1.54, 1.807) is 30.3 Å². The number of aromatic nitrogens is 1. The van der Waals surface area contributed by atoms with Crippen LogP contribution < -0.4 is 10.1 Å². The number of benzene rings is 1. The van der Waals surface area contributed by atoms with E-state index in [-0.39, 0.29) is 28.9 Å². The van der Waals surface area contributed by atoms with E-state index in [4.69, 9.17) is 25.9 Å². The highest BCUT2D eigenvalue weighted by molar-refractivity contribution is 6.45. The number of hydrogen-bond acceptors (Lipinski definition) is 7. The van der Waals surface area contributed by atoms with Crippen LogP contribution in [0.2, 0.25) is 5.02 Å². The SMILES string of the molecule is CCC(CC)(CC)OC(=O)c1ccc(Cl)c(OCc2ccccc2C(=NOC)C(=O)NC)n1. The fraction of sp³-hybridized carbons (Fsp3) is 0.417. The third kappa shape index (κ3) is 6.44. The predicted octanol–water partition coefficient (Wildman–Crippen LogP) is 4.54. The Hall–Kier alpha value is -3.13. The van der Waals surface area contributed by atoms with E-state index in [0.717, 1.165) is 0 Å². The highest BCUT2D eigenvalue weighted by Crippen LogP contribution is 2.28. The number of rotatable bonds is 11. The van der Waals surface area contributed by atoms with Crippen LogP contribution in [0.5, 0.6) is 5.88 Å². The summed E-state index contributed by atoms with van der Waals surface area (Å²) < 4.78 is 11.6. The molecule has 0 aliphatic rings. The molecule has 0 atom stereocenters. The van der Waals surface area contributed by atoms with Crippen LogP contribution in [0.15, 0.2) is 41.6 Å². The maximum absolute atomic E-state index is 12.7. The van der Waals surface area contributed by atoms with Gasteiger partial charge in [-0.05, 0) is 37.0 Å². The third-order valence-corrected chi connectivity index (χ3v) is 5.81. The van der Waals surface area contributed by atoms with E-state index in [9.17, 15) is 9.59 Å². The van der Waals surface area contributed by atoms with Crippen LogP contribution in [0.1, 0.15) is 61.6 Å². The number of nitrogens with one attached hydrogen (secondary N) is 1. The Morgan fingerprint density at radius 2 is 1.76 bits per heavy atom. The molecule has 0 bridgehead atoms. The fourth-order valence-electron chi connectivity index (χ4n) is 3.30. The van der Waals surface area contributed by atoms with E-state index < -0.39 is 17.5 Å². The van der Waals surface area contributed by atoms with Crippen LogP contribution in [0.3, 0.4) is 0 Å². The van der Waals surface area contributed by atoms with Crippen molar-refractivity contribution in [3.8, 4) is 5.88 Å². The van der Waals surface area contributed by atoms with Crippen LogP contribution >= 0.6 is 11.6 Å². The molecule has 0 aliphatic carbocycles. The monoisotopic (exact) mass is 475 g/mol. The smallest absolute Gasteiger partial charge is 0.357 e. The molecule has 0 fully saturated rings. The first-order valence-corrected chi connectivity index (χ1v) is 11.2. The number of hydrogen-bond donors (Lipinski definition) is 1. The molecule has 1 heterocycles. The number of likely N-dealkylation sites (N-methyl/N-ethyl adjacent to an activating group) is 1. The normalized spacial score (nSPS) is 11.6. The van der Waals surface area contributed by atoms with Crippen molar-refractivity contribution in [1.29, 1.82) is 0 Å². The highest BCUT2D eigenvalue weighted by Gasteiger charge is 2.30. The zero-order valence-corrected chi connectivity index (χ0v) is 20.4. The first kappa shape index (κ1) is 26.1. The second kappa shape index (κ2) is 12.2. The number of nitrogens with zero attached hydrogens (tertiary/aromatic N) is 2. The molecule has 0 spiro atoms. The summed E-state index contributed by atoms with van der Waals surface area (Å²) in [6.07, 6.45) is 2.11. The molecule has 1 N–H and O–H groups in total. The first-order chi connectivity index (χ1) is 15.8. The van der Waals surface area contributed by atoms with Crippen molar-refractivity contribution >= 4 is 29.2 Å². The van der Waals surface area contributed by atoms with Gasteiger partial charge < -0.3 is 19.6 Å². The van der Waals surface area contributed by atoms with E-state index in [1.807, 2.05) is 20.8 Å². The van der Waals surface area contributed by atoms with Gasteiger partial charge in [0, 0.05) is 12.6 Å². The Morgan fingerprint density at radius 1 is 1.09 bits per heavy atom. The first-order valence-electron chi connectivity index (χ1n) is 10.8. The van der Waals surface area contributed by atoms with Gasteiger partial charge in [0.25, 0.3) is 5.91 Å². The van der Waals surface area contributed by atoms with E-state index >= 15 is 0 Å². The van der Waals surface area contributed by atoms with E-state index in [2.05, 4.69) is 15.5 Å². The zero-order chi connectivity index (χ0) is 24.4. The van der Waals surface area contributed by atoms with Gasteiger partial charge in [-0.15, -0.1) is 0 Å². The second-order valence-electron chi connectivity index (χ2n) is 7.26. The van der Waals surface area contributed by atoms with Crippen molar-refractivity contribution in [2.45, 2.75) is 52.2 Å². The lowest BCUT2D eigenvalue weighted by Crippen LogP contribution is -2.33. The molecule has 2 aromatic rings. The average molecular weight is 476 g/mol. The molecule has 1 amide bonds. The summed E-state index contributed by atoms with van der Waals surface area (Å²) >= 11 is 6.26. The van der Waals surface area contributed by atoms with Crippen molar-refractivity contribution in [2.24, 2.45) is 5.16 Å².